The minimum atomic E-state index is 0.671. The van der Waals surface area contributed by atoms with E-state index in [1.54, 1.807) is 0 Å². The van der Waals surface area contributed by atoms with Gasteiger partial charge >= 0.3 is 0 Å². The lowest BCUT2D eigenvalue weighted by Gasteiger charge is -2.34. The summed E-state index contributed by atoms with van der Waals surface area (Å²) in [6, 6.07) is 10.7. The van der Waals surface area contributed by atoms with Crippen LogP contribution in [-0.2, 0) is 6.54 Å². The molecule has 1 saturated heterocycles. The molecule has 0 aromatic heterocycles. The number of rotatable bonds is 5. The number of hydrogen-bond acceptors (Lipinski definition) is 2. The van der Waals surface area contributed by atoms with Gasteiger partial charge in [-0.25, -0.2) is 6.57 Å². The molecule has 96 valence electrons. The fourth-order valence-corrected chi connectivity index (χ4v) is 2.39. The van der Waals surface area contributed by atoms with Crippen LogP contribution in [0.3, 0.4) is 0 Å². The van der Waals surface area contributed by atoms with Gasteiger partial charge in [-0.05, 0) is 5.56 Å². The highest BCUT2D eigenvalue weighted by Gasteiger charge is 2.16. The molecule has 1 aliphatic heterocycles. The van der Waals surface area contributed by atoms with E-state index in [0.717, 1.165) is 45.7 Å². The van der Waals surface area contributed by atoms with Gasteiger partial charge < -0.3 is 9.74 Å². The molecule has 0 saturated carbocycles. The summed E-state index contributed by atoms with van der Waals surface area (Å²) < 4.78 is 0. The van der Waals surface area contributed by atoms with Gasteiger partial charge in [-0.1, -0.05) is 30.3 Å². The van der Waals surface area contributed by atoms with Crippen LogP contribution >= 0.6 is 0 Å². The smallest absolute Gasteiger partial charge is 0.215 e. The Balaban J connectivity index is 1.69. The van der Waals surface area contributed by atoms with E-state index >= 15 is 0 Å². The maximum absolute atomic E-state index is 6.78. The molecule has 0 aliphatic carbocycles. The second-order valence-corrected chi connectivity index (χ2v) is 4.84. The summed E-state index contributed by atoms with van der Waals surface area (Å²) in [5, 5.41) is 0. The Labute approximate surface area is 110 Å². The van der Waals surface area contributed by atoms with Crippen molar-refractivity contribution in [3.8, 4) is 0 Å². The molecule has 0 atom stereocenters. The van der Waals surface area contributed by atoms with Crippen molar-refractivity contribution in [1.29, 1.82) is 0 Å². The monoisotopic (exact) mass is 243 g/mol. The highest BCUT2D eigenvalue weighted by Crippen LogP contribution is 2.08. The molecule has 18 heavy (non-hydrogen) atoms. The molecule has 3 nitrogen and oxygen atoms in total. The van der Waals surface area contributed by atoms with E-state index in [0.29, 0.717) is 6.54 Å². The van der Waals surface area contributed by atoms with Crippen molar-refractivity contribution >= 4 is 0 Å². The van der Waals surface area contributed by atoms with Crippen molar-refractivity contribution in [3.63, 3.8) is 0 Å². The predicted molar refractivity (Wildman–Crippen MR) is 74.2 cm³/mol. The number of benzene rings is 1. The van der Waals surface area contributed by atoms with Gasteiger partial charge in [-0.15, -0.1) is 0 Å². The third-order valence-corrected chi connectivity index (χ3v) is 3.46. The van der Waals surface area contributed by atoms with Crippen LogP contribution in [0.25, 0.3) is 4.85 Å². The van der Waals surface area contributed by atoms with Crippen molar-refractivity contribution in [2.75, 3.05) is 39.3 Å². The van der Waals surface area contributed by atoms with Crippen LogP contribution in [0.5, 0.6) is 0 Å². The first-order valence-electron chi connectivity index (χ1n) is 6.70. The second-order valence-electron chi connectivity index (χ2n) is 4.84. The van der Waals surface area contributed by atoms with Crippen molar-refractivity contribution in [3.05, 3.63) is 47.3 Å². The first-order valence-corrected chi connectivity index (χ1v) is 6.70. The third-order valence-electron chi connectivity index (χ3n) is 3.46. The highest BCUT2D eigenvalue weighted by atomic mass is 15.3. The van der Waals surface area contributed by atoms with E-state index in [2.05, 4.69) is 45.0 Å². The number of piperazine rings is 1. The van der Waals surface area contributed by atoms with Crippen LogP contribution in [0.15, 0.2) is 30.3 Å². The van der Waals surface area contributed by atoms with E-state index in [9.17, 15) is 0 Å². The zero-order valence-electron chi connectivity index (χ0n) is 10.9. The Hall–Kier alpha value is -1.37. The number of nitrogens with zero attached hydrogens (tertiary/aromatic N) is 3. The Morgan fingerprint density at radius 1 is 1.00 bits per heavy atom. The minimum Gasteiger partial charge on any atom is -0.317 e. The molecular formula is C15H21N3. The molecule has 0 radical (unpaired) electrons. The first kappa shape index (κ1) is 13.1. The van der Waals surface area contributed by atoms with Crippen molar-refractivity contribution in [1.82, 2.24) is 9.80 Å². The zero-order valence-corrected chi connectivity index (χ0v) is 10.9. The first-order chi connectivity index (χ1) is 8.88. The van der Waals surface area contributed by atoms with Gasteiger partial charge in [-0.3, -0.25) is 4.90 Å². The lowest BCUT2D eigenvalue weighted by atomic mass is 10.2. The molecule has 0 N–H and O–H groups in total. The molecule has 1 heterocycles. The molecular weight excluding hydrogens is 222 g/mol. The lowest BCUT2D eigenvalue weighted by Crippen LogP contribution is -2.46. The van der Waals surface area contributed by atoms with E-state index in [1.165, 1.54) is 5.56 Å². The van der Waals surface area contributed by atoms with Crippen molar-refractivity contribution in [2.24, 2.45) is 0 Å². The summed E-state index contributed by atoms with van der Waals surface area (Å²) in [5.74, 6) is 0. The van der Waals surface area contributed by atoms with E-state index in [4.69, 9.17) is 6.57 Å². The maximum Gasteiger partial charge on any atom is 0.215 e. The predicted octanol–water partition coefficient (Wildman–Crippen LogP) is 2.11. The summed E-state index contributed by atoms with van der Waals surface area (Å²) in [6.07, 6.45) is 1.02. The quantitative estimate of drug-likeness (QED) is 0.579. The van der Waals surface area contributed by atoms with Gasteiger partial charge in [0.25, 0.3) is 0 Å². The molecule has 0 amide bonds. The Morgan fingerprint density at radius 2 is 1.67 bits per heavy atom. The van der Waals surface area contributed by atoms with Gasteiger partial charge in [-0.2, -0.15) is 0 Å². The summed E-state index contributed by atoms with van der Waals surface area (Å²) in [6.45, 7) is 14.2. The Kier molecular flexibility index (Phi) is 5.19. The van der Waals surface area contributed by atoms with Crippen molar-refractivity contribution in [2.45, 2.75) is 13.0 Å². The minimum absolute atomic E-state index is 0.671. The van der Waals surface area contributed by atoms with Crippen LogP contribution in [-0.4, -0.2) is 49.1 Å². The fraction of sp³-hybridized carbons (Fsp3) is 0.533. The van der Waals surface area contributed by atoms with Crippen LogP contribution in [0.4, 0.5) is 0 Å². The molecule has 3 heteroatoms. The largest absolute Gasteiger partial charge is 0.317 e. The third kappa shape index (κ3) is 4.14. The summed E-state index contributed by atoms with van der Waals surface area (Å²) >= 11 is 0. The molecule has 0 bridgehead atoms. The van der Waals surface area contributed by atoms with Crippen LogP contribution in [0.1, 0.15) is 12.0 Å². The second kappa shape index (κ2) is 7.15. The van der Waals surface area contributed by atoms with E-state index < -0.39 is 0 Å². The lowest BCUT2D eigenvalue weighted by molar-refractivity contribution is 0.127. The average molecular weight is 243 g/mol. The summed E-state index contributed by atoms with van der Waals surface area (Å²) in [5.41, 5.74) is 1.40. The van der Waals surface area contributed by atoms with Crippen LogP contribution < -0.4 is 0 Å². The maximum atomic E-state index is 6.78. The number of hydrogen-bond donors (Lipinski definition) is 0. The molecule has 2 rings (SSSR count). The van der Waals surface area contributed by atoms with Gasteiger partial charge in [0.05, 0.1) is 0 Å². The summed E-state index contributed by atoms with van der Waals surface area (Å²) in [4.78, 5) is 8.40. The molecule has 1 aromatic rings. The van der Waals surface area contributed by atoms with Gasteiger partial charge in [0.2, 0.25) is 6.54 Å². The van der Waals surface area contributed by atoms with Crippen LogP contribution in [0.2, 0.25) is 0 Å². The fourth-order valence-electron chi connectivity index (χ4n) is 2.39. The van der Waals surface area contributed by atoms with Crippen LogP contribution in [0, 0.1) is 6.57 Å². The molecule has 1 aromatic carbocycles. The molecule has 0 unspecified atom stereocenters. The SMILES string of the molecule is [C-]#[N+]CCCN1CCN(Cc2ccccc2)CC1. The van der Waals surface area contributed by atoms with Crippen molar-refractivity contribution < 1.29 is 0 Å². The van der Waals surface area contributed by atoms with E-state index in [1.807, 2.05) is 0 Å². The average Bonchev–Trinajstić information content (AvgIpc) is 2.42. The topological polar surface area (TPSA) is 10.8 Å². The Morgan fingerprint density at radius 3 is 2.33 bits per heavy atom. The highest BCUT2D eigenvalue weighted by molar-refractivity contribution is 5.14. The van der Waals surface area contributed by atoms with Gasteiger partial charge in [0.1, 0.15) is 0 Å². The molecule has 0 spiro atoms. The van der Waals surface area contributed by atoms with Gasteiger partial charge in [0, 0.05) is 45.7 Å². The standard InChI is InChI=1S/C15H21N3/c1-16-8-5-9-17-10-12-18(13-11-17)14-15-6-3-2-4-7-15/h2-4,6-7H,5,8-14H2. The molecule has 1 fully saturated rings. The van der Waals surface area contributed by atoms with Gasteiger partial charge in [0.15, 0.2) is 0 Å². The Bertz CT molecular complexity index is 374. The summed E-state index contributed by atoms with van der Waals surface area (Å²) in [7, 11) is 0. The normalized spacial score (nSPS) is 17.5. The van der Waals surface area contributed by atoms with E-state index in [-0.39, 0.29) is 0 Å². The zero-order chi connectivity index (χ0) is 12.6. The molecule has 1 aliphatic rings.